The van der Waals surface area contributed by atoms with Crippen molar-refractivity contribution < 1.29 is 23.7 Å². The third-order valence-corrected chi connectivity index (χ3v) is 6.48. The molecule has 5 heteroatoms. The van der Waals surface area contributed by atoms with E-state index < -0.39 is 5.97 Å². The average molecular weight is 459 g/mol. The first-order valence-electron chi connectivity index (χ1n) is 12.4. The van der Waals surface area contributed by atoms with Gasteiger partial charge in [0.05, 0.1) is 6.61 Å². The van der Waals surface area contributed by atoms with Gasteiger partial charge in [-0.1, -0.05) is 87.9 Å². The van der Waals surface area contributed by atoms with E-state index in [-0.39, 0.29) is 17.8 Å². The van der Waals surface area contributed by atoms with Crippen LogP contribution < -0.4 is 0 Å². The second-order valence-corrected chi connectivity index (χ2v) is 8.65. The number of esters is 1. The molecule has 0 spiro atoms. The molecule has 0 aliphatic heterocycles. The lowest BCUT2D eigenvalue weighted by atomic mass is 9.93. The number of ether oxygens (including phenoxy) is 4. The van der Waals surface area contributed by atoms with Crippen molar-refractivity contribution in [1.82, 2.24) is 0 Å². The molecule has 1 aromatic carbocycles. The summed E-state index contributed by atoms with van der Waals surface area (Å²) < 4.78 is 22.3. The molecule has 0 saturated heterocycles. The predicted octanol–water partition coefficient (Wildman–Crippen LogP) is 6.64. The van der Waals surface area contributed by atoms with Crippen LogP contribution >= 0.6 is 0 Å². The highest BCUT2D eigenvalue weighted by atomic mass is 16.9. The van der Waals surface area contributed by atoms with E-state index in [1.165, 1.54) is 49.3 Å². The summed E-state index contributed by atoms with van der Waals surface area (Å²) in [7, 11) is 4.84. The summed E-state index contributed by atoms with van der Waals surface area (Å²) in [6, 6.07) is 8.22. The van der Waals surface area contributed by atoms with Crippen LogP contribution in [0.15, 0.2) is 42.5 Å². The normalized spacial score (nSPS) is 16.3. The number of allylic oxidation sites excluding steroid dienone is 2. The van der Waals surface area contributed by atoms with Crippen LogP contribution in [0.5, 0.6) is 0 Å². The van der Waals surface area contributed by atoms with Gasteiger partial charge in [-0.2, -0.15) is 0 Å². The molecule has 1 aliphatic carbocycles. The molecular weight excluding hydrogens is 416 g/mol. The van der Waals surface area contributed by atoms with Crippen LogP contribution in [-0.2, 0) is 23.7 Å². The standard InChI is InChI=1S/C28H42O5/c1-5-6-7-8-9-10-15-25(28(30-2,31-3)32-4)16-13-22-33-27(29)21-20-24-19-18-23-14-11-12-17-26(23)24/h11-12,14,17-21,24-25H,5-10,13,15-16,22H2,1-4H3. The number of carbonyl (C=O) groups excluding carboxylic acids is 1. The third-order valence-electron chi connectivity index (χ3n) is 6.48. The number of fused-ring (bicyclic) bond motifs is 1. The van der Waals surface area contributed by atoms with E-state index >= 15 is 0 Å². The first kappa shape index (κ1) is 27.3. The first-order chi connectivity index (χ1) is 16.1. The van der Waals surface area contributed by atoms with Crippen molar-refractivity contribution in [1.29, 1.82) is 0 Å². The van der Waals surface area contributed by atoms with Crippen LogP contribution in [0.1, 0.15) is 81.8 Å². The van der Waals surface area contributed by atoms with Crippen LogP contribution in [0.2, 0.25) is 0 Å². The summed E-state index contributed by atoms with van der Waals surface area (Å²) in [5.41, 5.74) is 2.42. The largest absolute Gasteiger partial charge is 0.463 e. The van der Waals surface area contributed by atoms with Crippen LogP contribution in [0.3, 0.4) is 0 Å². The molecule has 0 aromatic heterocycles. The predicted molar refractivity (Wildman–Crippen MR) is 133 cm³/mol. The molecule has 5 nitrogen and oxygen atoms in total. The van der Waals surface area contributed by atoms with E-state index in [0.717, 1.165) is 25.7 Å². The number of hydrogen-bond donors (Lipinski definition) is 0. The van der Waals surface area contributed by atoms with Crippen LogP contribution in [0.4, 0.5) is 0 Å². The van der Waals surface area contributed by atoms with Crippen molar-refractivity contribution in [2.24, 2.45) is 5.92 Å². The fraction of sp³-hybridized carbons (Fsp3) is 0.607. The summed E-state index contributed by atoms with van der Waals surface area (Å²) in [6.45, 7) is 2.59. The maximum Gasteiger partial charge on any atom is 0.330 e. The Bertz CT molecular complexity index is 742. The van der Waals surface area contributed by atoms with Crippen molar-refractivity contribution >= 4 is 12.0 Å². The SMILES string of the molecule is CCCCCCCCC(CCCOC(=O)C=CC1C=Cc2ccccc21)C(OC)(OC)OC. The van der Waals surface area contributed by atoms with Gasteiger partial charge in [-0.05, 0) is 30.4 Å². The van der Waals surface area contributed by atoms with Crippen molar-refractivity contribution in [3.05, 3.63) is 53.6 Å². The number of methoxy groups -OCH3 is 3. The number of rotatable bonds is 17. The zero-order chi connectivity index (χ0) is 23.9. The van der Waals surface area contributed by atoms with Gasteiger partial charge in [-0.25, -0.2) is 4.79 Å². The average Bonchev–Trinajstić information content (AvgIpc) is 3.26. The molecule has 0 heterocycles. The maximum atomic E-state index is 12.2. The van der Waals surface area contributed by atoms with E-state index in [1.54, 1.807) is 21.3 Å². The van der Waals surface area contributed by atoms with Crippen molar-refractivity contribution in [2.45, 2.75) is 76.6 Å². The smallest absolute Gasteiger partial charge is 0.330 e. The lowest BCUT2D eigenvalue weighted by Crippen LogP contribution is -2.44. The highest BCUT2D eigenvalue weighted by Gasteiger charge is 2.39. The summed E-state index contributed by atoms with van der Waals surface area (Å²) >= 11 is 0. The van der Waals surface area contributed by atoms with Crippen LogP contribution in [0.25, 0.3) is 6.08 Å². The van der Waals surface area contributed by atoms with E-state index in [4.69, 9.17) is 18.9 Å². The first-order valence-corrected chi connectivity index (χ1v) is 12.4. The Balaban J connectivity index is 1.78. The Morgan fingerprint density at radius 2 is 1.64 bits per heavy atom. The molecule has 0 fully saturated rings. The summed E-state index contributed by atoms with van der Waals surface area (Å²) in [6.07, 6.45) is 17.5. The van der Waals surface area contributed by atoms with Gasteiger partial charge in [-0.3, -0.25) is 0 Å². The Morgan fingerprint density at radius 3 is 2.36 bits per heavy atom. The van der Waals surface area contributed by atoms with Crippen LogP contribution in [-0.4, -0.2) is 39.9 Å². The lowest BCUT2D eigenvalue weighted by Gasteiger charge is -2.36. The molecule has 0 amide bonds. The number of carbonyl (C=O) groups is 1. The van der Waals surface area contributed by atoms with E-state index in [0.29, 0.717) is 6.61 Å². The highest BCUT2D eigenvalue weighted by Crippen LogP contribution is 2.33. The topological polar surface area (TPSA) is 54.0 Å². The molecule has 33 heavy (non-hydrogen) atoms. The number of unbranched alkanes of at least 4 members (excludes halogenated alkanes) is 5. The van der Waals surface area contributed by atoms with Gasteiger partial charge in [-0.15, -0.1) is 0 Å². The van der Waals surface area contributed by atoms with Gasteiger partial charge < -0.3 is 18.9 Å². The molecule has 2 unspecified atom stereocenters. The Labute approximate surface area is 200 Å². The van der Waals surface area contributed by atoms with Gasteiger partial charge in [0, 0.05) is 39.2 Å². The third kappa shape index (κ3) is 8.40. The molecule has 2 rings (SSSR count). The number of hydrogen-bond acceptors (Lipinski definition) is 5. The molecule has 1 aliphatic rings. The van der Waals surface area contributed by atoms with Gasteiger partial charge >= 0.3 is 5.97 Å². The van der Waals surface area contributed by atoms with Crippen molar-refractivity contribution in [2.75, 3.05) is 27.9 Å². The fourth-order valence-corrected chi connectivity index (χ4v) is 4.60. The second-order valence-electron chi connectivity index (χ2n) is 8.65. The minimum atomic E-state index is -1.06. The fourth-order valence-electron chi connectivity index (χ4n) is 4.60. The zero-order valence-corrected chi connectivity index (χ0v) is 20.9. The van der Waals surface area contributed by atoms with Gasteiger partial charge in [0.15, 0.2) is 0 Å². The Hall–Kier alpha value is -1.95. The quantitative estimate of drug-likeness (QED) is 0.113. The van der Waals surface area contributed by atoms with E-state index in [9.17, 15) is 4.79 Å². The van der Waals surface area contributed by atoms with Gasteiger partial charge in [0.25, 0.3) is 5.97 Å². The molecule has 0 N–H and O–H groups in total. The molecule has 2 atom stereocenters. The zero-order valence-electron chi connectivity index (χ0n) is 20.9. The van der Waals surface area contributed by atoms with Crippen molar-refractivity contribution in [3.8, 4) is 0 Å². The minimum Gasteiger partial charge on any atom is -0.463 e. The summed E-state index contributed by atoms with van der Waals surface area (Å²) in [5.74, 6) is -1.17. The monoisotopic (exact) mass is 458 g/mol. The Morgan fingerprint density at radius 1 is 0.970 bits per heavy atom. The molecule has 0 radical (unpaired) electrons. The van der Waals surface area contributed by atoms with Gasteiger partial charge in [0.1, 0.15) is 0 Å². The molecule has 0 saturated carbocycles. The summed E-state index contributed by atoms with van der Waals surface area (Å²) in [4.78, 5) is 12.2. The van der Waals surface area contributed by atoms with Crippen molar-refractivity contribution in [3.63, 3.8) is 0 Å². The molecule has 184 valence electrons. The molecule has 1 aromatic rings. The minimum absolute atomic E-state index is 0.0676. The second kappa shape index (κ2) is 15.0. The van der Waals surface area contributed by atoms with Crippen LogP contribution in [0, 0.1) is 5.92 Å². The maximum absolute atomic E-state index is 12.2. The number of benzene rings is 1. The van der Waals surface area contributed by atoms with E-state index in [2.05, 4.69) is 31.2 Å². The Kier molecular flexibility index (Phi) is 12.4. The van der Waals surface area contributed by atoms with Gasteiger partial charge in [0.2, 0.25) is 0 Å². The molecular formula is C28H42O5. The molecule has 0 bridgehead atoms. The lowest BCUT2D eigenvalue weighted by molar-refractivity contribution is -0.380. The van der Waals surface area contributed by atoms with E-state index in [1.807, 2.05) is 18.2 Å². The highest BCUT2D eigenvalue weighted by molar-refractivity contribution is 5.82. The summed E-state index contributed by atoms with van der Waals surface area (Å²) in [5, 5.41) is 0.